The average Bonchev–Trinajstić information content (AvgIpc) is 2.63. The molecule has 0 spiro atoms. The molecular formula is C15H22ClN3O3. The van der Waals surface area contributed by atoms with Gasteiger partial charge in [-0.1, -0.05) is 11.6 Å². The van der Waals surface area contributed by atoms with Crippen LogP contribution in [-0.2, 0) is 16.1 Å². The minimum absolute atomic E-state index is 0.0462. The standard InChI is InChI=1S/C15H22ClN3O3/c1-18(2)14(20)7-15(21)10-19(5-6-22-11-15)9-13-4-3-12(16)8-17-13/h3-4,8,21H,5-7,9-11H2,1-2H3/t15-/m1/s1. The molecule has 0 saturated carbocycles. The van der Waals surface area contributed by atoms with Crippen LogP contribution in [0.1, 0.15) is 12.1 Å². The van der Waals surface area contributed by atoms with Crippen molar-refractivity contribution in [1.29, 1.82) is 0 Å². The Hall–Kier alpha value is -1.21. The quantitative estimate of drug-likeness (QED) is 0.885. The van der Waals surface area contributed by atoms with Crippen LogP contribution in [0, 0.1) is 0 Å². The summed E-state index contributed by atoms with van der Waals surface area (Å²) >= 11 is 5.83. The topological polar surface area (TPSA) is 65.9 Å². The molecule has 1 amide bonds. The molecule has 0 unspecified atom stereocenters. The molecule has 6 nitrogen and oxygen atoms in total. The summed E-state index contributed by atoms with van der Waals surface area (Å²) in [6.45, 7) is 2.32. The first-order valence-corrected chi connectivity index (χ1v) is 7.59. The van der Waals surface area contributed by atoms with Crippen molar-refractivity contribution in [2.24, 2.45) is 0 Å². The summed E-state index contributed by atoms with van der Waals surface area (Å²) in [6, 6.07) is 3.65. The monoisotopic (exact) mass is 327 g/mol. The van der Waals surface area contributed by atoms with E-state index in [1.807, 2.05) is 11.0 Å². The number of rotatable bonds is 4. The predicted molar refractivity (Wildman–Crippen MR) is 83.6 cm³/mol. The van der Waals surface area contributed by atoms with Gasteiger partial charge in [-0.3, -0.25) is 14.7 Å². The Labute approximate surface area is 135 Å². The van der Waals surface area contributed by atoms with Crippen molar-refractivity contribution >= 4 is 17.5 Å². The molecule has 1 saturated heterocycles. The summed E-state index contributed by atoms with van der Waals surface area (Å²) in [5, 5.41) is 11.3. The van der Waals surface area contributed by atoms with Crippen LogP contribution < -0.4 is 0 Å². The lowest BCUT2D eigenvalue weighted by Crippen LogP contribution is -2.47. The highest BCUT2D eigenvalue weighted by molar-refractivity contribution is 6.30. The van der Waals surface area contributed by atoms with Gasteiger partial charge in [0.1, 0.15) is 5.60 Å². The number of halogens is 1. The van der Waals surface area contributed by atoms with Crippen LogP contribution >= 0.6 is 11.6 Å². The predicted octanol–water partition coefficient (Wildman–Crippen LogP) is 0.777. The Morgan fingerprint density at radius 2 is 2.32 bits per heavy atom. The first-order valence-electron chi connectivity index (χ1n) is 7.21. The minimum atomic E-state index is -1.18. The molecule has 2 rings (SSSR count). The lowest BCUT2D eigenvalue weighted by molar-refractivity contribution is -0.136. The summed E-state index contributed by atoms with van der Waals surface area (Å²) in [4.78, 5) is 19.7. The largest absolute Gasteiger partial charge is 0.386 e. The molecule has 1 aliphatic heterocycles. The highest BCUT2D eigenvalue weighted by atomic mass is 35.5. The summed E-state index contributed by atoms with van der Waals surface area (Å²) in [7, 11) is 3.36. The SMILES string of the molecule is CN(C)C(=O)C[C@]1(O)COCCN(Cc2ccc(Cl)cn2)C1. The fourth-order valence-electron chi connectivity index (χ4n) is 2.41. The molecule has 1 aromatic heterocycles. The van der Waals surface area contributed by atoms with Gasteiger partial charge >= 0.3 is 0 Å². The van der Waals surface area contributed by atoms with Crippen molar-refractivity contribution in [3.8, 4) is 0 Å². The van der Waals surface area contributed by atoms with Gasteiger partial charge in [-0.2, -0.15) is 0 Å². The first-order chi connectivity index (χ1) is 10.4. The number of amides is 1. The Morgan fingerprint density at radius 1 is 1.55 bits per heavy atom. The van der Waals surface area contributed by atoms with Gasteiger partial charge in [0.15, 0.2) is 0 Å². The van der Waals surface area contributed by atoms with Gasteiger partial charge in [-0.15, -0.1) is 0 Å². The van der Waals surface area contributed by atoms with Crippen LogP contribution in [-0.4, -0.2) is 71.8 Å². The summed E-state index contributed by atoms with van der Waals surface area (Å²) in [5.41, 5.74) is -0.308. The number of aliphatic hydroxyl groups is 1. The zero-order chi connectivity index (χ0) is 16.2. The van der Waals surface area contributed by atoms with Crippen LogP contribution in [0.5, 0.6) is 0 Å². The minimum Gasteiger partial charge on any atom is -0.386 e. The normalized spacial score (nSPS) is 23.1. The van der Waals surface area contributed by atoms with Crippen molar-refractivity contribution in [1.82, 2.24) is 14.8 Å². The van der Waals surface area contributed by atoms with Gasteiger partial charge in [0.2, 0.25) is 5.91 Å². The van der Waals surface area contributed by atoms with E-state index < -0.39 is 5.60 Å². The molecule has 1 aromatic rings. The van der Waals surface area contributed by atoms with Crippen LogP contribution in [0.4, 0.5) is 0 Å². The van der Waals surface area contributed by atoms with Gasteiger partial charge < -0.3 is 14.7 Å². The number of β-amino-alcohol motifs (C(OH)–C–C–N with tert-alkyl or cyclic N) is 1. The smallest absolute Gasteiger partial charge is 0.225 e. The molecule has 0 bridgehead atoms. The van der Waals surface area contributed by atoms with Crippen LogP contribution in [0.15, 0.2) is 18.3 Å². The lowest BCUT2D eigenvalue weighted by Gasteiger charge is -2.31. The highest BCUT2D eigenvalue weighted by Gasteiger charge is 2.35. The number of carbonyl (C=O) groups excluding carboxylic acids is 1. The second kappa shape index (κ2) is 7.37. The molecule has 1 aliphatic rings. The molecular weight excluding hydrogens is 306 g/mol. The van der Waals surface area contributed by atoms with Crippen molar-refractivity contribution in [3.05, 3.63) is 29.0 Å². The molecule has 1 atom stereocenters. The number of hydrogen-bond donors (Lipinski definition) is 1. The second-order valence-electron chi connectivity index (χ2n) is 5.92. The van der Waals surface area contributed by atoms with E-state index in [4.69, 9.17) is 16.3 Å². The Kier molecular flexibility index (Phi) is 5.74. The number of hydrogen-bond acceptors (Lipinski definition) is 5. The van der Waals surface area contributed by atoms with E-state index in [-0.39, 0.29) is 18.9 Å². The van der Waals surface area contributed by atoms with Gasteiger partial charge in [0.25, 0.3) is 0 Å². The first kappa shape index (κ1) is 17.1. The Balaban J connectivity index is 2.02. The molecule has 1 fully saturated rings. The van der Waals surface area contributed by atoms with E-state index in [2.05, 4.69) is 4.98 Å². The van der Waals surface area contributed by atoms with E-state index in [1.54, 1.807) is 26.4 Å². The van der Waals surface area contributed by atoms with Gasteiger partial charge in [-0.05, 0) is 12.1 Å². The molecule has 0 aromatic carbocycles. The maximum absolute atomic E-state index is 11.9. The van der Waals surface area contributed by atoms with E-state index in [0.29, 0.717) is 31.3 Å². The van der Waals surface area contributed by atoms with Crippen LogP contribution in [0.25, 0.3) is 0 Å². The molecule has 0 aliphatic carbocycles. The molecule has 2 heterocycles. The highest BCUT2D eigenvalue weighted by Crippen LogP contribution is 2.19. The Morgan fingerprint density at radius 3 is 2.95 bits per heavy atom. The molecule has 1 N–H and O–H groups in total. The fourth-order valence-corrected chi connectivity index (χ4v) is 2.52. The number of ether oxygens (including phenoxy) is 1. The van der Waals surface area contributed by atoms with Crippen molar-refractivity contribution < 1.29 is 14.6 Å². The van der Waals surface area contributed by atoms with E-state index in [0.717, 1.165) is 5.69 Å². The van der Waals surface area contributed by atoms with E-state index >= 15 is 0 Å². The van der Waals surface area contributed by atoms with Gasteiger partial charge in [0, 0.05) is 39.9 Å². The molecule has 122 valence electrons. The van der Waals surface area contributed by atoms with E-state index in [9.17, 15) is 9.90 Å². The van der Waals surface area contributed by atoms with E-state index in [1.165, 1.54) is 4.90 Å². The van der Waals surface area contributed by atoms with Crippen LogP contribution in [0.3, 0.4) is 0 Å². The maximum atomic E-state index is 11.9. The molecule has 7 heteroatoms. The number of pyridine rings is 1. The maximum Gasteiger partial charge on any atom is 0.225 e. The average molecular weight is 328 g/mol. The van der Waals surface area contributed by atoms with Gasteiger partial charge in [-0.25, -0.2) is 0 Å². The zero-order valence-corrected chi connectivity index (χ0v) is 13.7. The summed E-state index contributed by atoms with van der Waals surface area (Å²) < 4.78 is 5.47. The third kappa shape index (κ3) is 4.91. The number of aromatic nitrogens is 1. The lowest BCUT2D eigenvalue weighted by atomic mass is 9.99. The summed E-state index contributed by atoms with van der Waals surface area (Å²) in [5.74, 6) is -0.113. The van der Waals surface area contributed by atoms with Crippen molar-refractivity contribution in [2.75, 3.05) is 40.4 Å². The third-order valence-electron chi connectivity index (χ3n) is 3.59. The summed E-state index contributed by atoms with van der Waals surface area (Å²) in [6.07, 6.45) is 1.65. The van der Waals surface area contributed by atoms with Crippen molar-refractivity contribution in [2.45, 2.75) is 18.6 Å². The Bertz CT molecular complexity index is 509. The fraction of sp³-hybridized carbons (Fsp3) is 0.600. The second-order valence-corrected chi connectivity index (χ2v) is 6.36. The molecule has 22 heavy (non-hydrogen) atoms. The van der Waals surface area contributed by atoms with Gasteiger partial charge in [0.05, 0.1) is 30.4 Å². The van der Waals surface area contributed by atoms with Crippen LogP contribution in [0.2, 0.25) is 5.02 Å². The molecule has 0 radical (unpaired) electrons. The zero-order valence-electron chi connectivity index (χ0n) is 13.0. The number of nitrogens with zero attached hydrogens (tertiary/aromatic N) is 3. The van der Waals surface area contributed by atoms with Crippen molar-refractivity contribution in [3.63, 3.8) is 0 Å². The number of carbonyl (C=O) groups is 1. The third-order valence-corrected chi connectivity index (χ3v) is 3.82.